The maximum atomic E-state index is 6.13. The number of benzene rings is 1. The lowest BCUT2D eigenvalue weighted by Gasteiger charge is -2.16. The molecule has 0 aliphatic rings. The molecule has 1 N–H and O–H groups in total. The van der Waals surface area contributed by atoms with Crippen molar-refractivity contribution < 1.29 is 14.2 Å². The lowest BCUT2D eigenvalue weighted by molar-refractivity contribution is 0.199. The highest BCUT2D eigenvalue weighted by molar-refractivity contribution is 7.99. The highest BCUT2D eigenvalue weighted by Gasteiger charge is 2.12. The third-order valence-electron chi connectivity index (χ3n) is 2.79. The molecule has 0 fully saturated rings. The number of thioether (sulfide) groups is 1. The molecule has 0 saturated heterocycles. The first-order chi connectivity index (χ1) is 10.2. The van der Waals surface area contributed by atoms with E-state index in [2.05, 4.69) is 12.2 Å². The molecule has 1 rings (SSSR count). The second-order valence-corrected chi connectivity index (χ2v) is 6.14. The van der Waals surface area contributed by atoms with Crippen molar-refractivity contribution in [2.75, 3.05) is 45.5 Å². The predicted octanol–water partition coefficient (Wildman–Crippen LogP) is 3.22. The predicted molar refractivity (Wildman–Crippen MR) is 90.1 cm³/mol. The third kappa shape index (κ3) is 6.78. The zero-order chi connectivity index (χ0) is 15.5. The Labute approximate surface area is 136 Å². The first-order valence-electron chi connectivity index (χ1n) is 6.99. The van der Waals surface area contributed by atoms with Crippen molar-refractivity contribution in [1.29, 1.82) is 0 Å². The van der Waals surface area contributed by atoms with Crippen LogP contribution in [0, 0.1) is 0 Å². The van der Waals surface area contributed by atoms with Gasteiger partial charge in [0.05, 0.1) is 20.3 Å². The molecule has 1 aromatic carbocycles. The molecule has 0 heterocycles. The summed E-state index contributed by atoms with van der Waals surface area (Å²) in [5, 5.41) is 3.94. The van der Waals surface area contributed by atoms with Crippen LogP contribution in [0.1, 0.15) is 12.5 Å². The summed E-state index contributed by atoms with van der Waals surface area (Å²) in [6.07, 6.45) is 0. The molecular formula is C15H24ClNO3S. The molecule has 0 atom stereocenters. The van der Waals surface area contributed by atoms with Gasteiger partial charge in [-0.15, -0.1) is 0 Å². The molecule has 6 heteroatoms. The van der Waals surface area contributed by atoms with Crippen molar-refractivity contribution in [3.8, 4) is 11.5 Å². The molecule has 0 spiro atoms. The van der Waals surface area contributed by atoms with Crippen LogP contribution in [0.2, 0.25) is 5.02 Å². The number of ether oxygens (including phenoxy) is 3. The first-order valence-corrected chi connectivity index (χ1v) is 8.52. The molecule has 0 aromatic heterocycles. The van der Waals surface area contributed by atoms with Crippen LogP contribution < -0.4 is 14.8 Å². The van der Waals surface area contributed by atoms with Gasteiger partial charge in [-0.05, 0) is 11.8 Å². The van der Waals surface area contributed by atoms with E-state index in [1.807, 2.05) is 17.8 Å². The van der Waals surface area contributed by atoms with Gasteiger partial charge in [0.2, 0.25) is 0 Å². The van der Waals surface area contributed by atoms with E-state index in [4.69, 9.17) is 25.8 Å². The van der Waals surface area contributed by atoms with Gasteiger partial charge in [0.25, 0.3) is 0 Å². The van der Waals surface area contributed by atoms with Crippen LogP contribution in [0.4, 0.5) is 0 Å². The molecule has 0 amide bonds. The highest BCUT2D eigenvalue weighted by Crippen LogP contribution is 2.34. The Hall–Kier alpha value is -0.620. The molecule has 21 heavy (non-hydrogen) atoms. The average Bonchev–Trinajstić information content (AvgIpc) is 2.49. The van der Waals surface area contributed by atoms with Gasteiger partial charge in [-0.1, -0.05) is 18.5 Å². The van der Waals surface area contributed by atoms with Crippen molar-refractivity contribution >= 4 is 23.4 Å². The van der Waals surface area contributed by atoms with E-state index in [1.54, 1.807) is 20.3 Å². The number of rotatable bonds is 11. The van der Waals surface area contributed by atoms with E-state index in [-0.39, 0.29) is 0 Å². The van der Waals surface area contributed by atoms with E-state index < -0.39 is 0 Å². The zero-order valence-electron chi connectivity index (χ0n) is 12.9. The highest BCUT2D eigenvalue weighted by atomic mass is 35.5. The number of methoxy groups -OCH3 is 2. The van der Waals surface area contributed by atoms with Gasteiger partial charge in [0, 0.05) is 42.6 Å². The normalized spacial score (nSPS) is 10.7. The molecule has 0 unspecified atom stereocenters. The SMILES string of the molecule is CCSCCOc1c(CNCCOC)cc(Cl)cc1OC. The van der Waals surface area contributed by atoms with Gasteiger partial charge in [-0.2, -0.15) is 11.8 Å². The van der Waals surface area contributed by atoms with Crippen LogP contribution in [-0.4, -0.2) is 45.5 Å². The quantitative estimate of drug-likeness (QED) is 0.630. The van der Waals surface area contributed by atoms with Crippen molar-refractivity contribution in [2.45, 2.75) is 13.5 Å². The second-order valence-electron chi connectivity index (χ2n) is 4.31. The summed E-state index contributed by atoms with van der Waals surface area (Å²) >= 11 is 7.98. The van der Waals surface area contributed by atoms with Crippen molar-refractivity contribution in [2.24, 2.45) is 0 Å². The van der Waals surface area contributed by atoms with Crippen LogP contribution >= 0.6 is 23.4 Å². The van der Waals surface area contributed by atoms with Crippen molar-refractivity contribution in [1.82, 2.24) is 5.32 Å². The van der Waals surface area contributed by atoms with Crippen LogP contribution in [-0.2, 0) is 11.3 Å². The zero-order valence-corrected chi connectivity index (χ0v) is 14.5. The lowest BCUT2D eigenvalue weighted by atomic mass is 10.2. The molecule has 1 aromatic rings. The maximum Gasteiger partial charge on any atom is 0.165 e. The van der Waals surface area contributed by atoms with Gasteiger partial charge in [0.15, 0.2) is 11.5 Å². The number of nitrogens with one attached hydrogen (secondary N) is 1. The van der Waals surface area contributed by atoms with Gasteiger partial charge < -0.3 is 19.5 Å². The van der Waals surface area contributed by atoms with Gasteiger partial charge in [-0.25, -0.2) is 0 Å². The van der Waals surface area contributed by atoms with Crippen molar-refractivity contribution in [3.63, 3.8) is 0 Å². The standard InChI is InChI=1S/C15H24ClNO3S/c1-4-21-8-7-20-15-12(11-17-5-6-18-2)9-13(16)10-14(15)19-3/h9-10,17H,4-8,11H2,1-3H3. The topological polar surface area (TPSA) is 39.7 Å². The number of hydrogen-bond donors (Lipinski definition) is 1. The molecular weight excluding hydrogens is 310 g/mol. The maximum absolute atomic E-state index is 6.13. The van der Waals surface area contributed by atoms with Crippen LogP contribution in [0.3, 0.4) is 0 Å². The summed E-state index contributed by atoms with van der Waals surface area (Å²) in [5.74, 6) is 3.49. The monoisotopic (exact) mass is 333 g/mol. The Morgan fingerprint density at radius 1 is 1.24 bits per heavy atom. The van der Waals surface area contributed by atoms with Gasteiger partial charge in [-0.3, -0.25) is 0 Å². The summed E-state index contributed by atoms with van der Waals surface area (Å²) in [6.45, 7) is 4.90. The average molecular weight is 334 g/mol. The Kier molecular flexibility index (Phi) is 9.67. The van der Waals surface area contributed by atoms with E-state index in [1.165, 1.54) is 0 Å². The fourth-order valence-corrected chi connectivity index (χ4v) is 2.53. The Morgan fingerprint density at radius 3 is 2.71 bits per heavy atom. The number of halogens is 1. The third-order valence-corrected chi connectivity index (χ3v) is 3.87. The van der Waals surface area contributed by atoms with E-state index in [0.29, 0.717) is 30.5 Å². The summed E-state index contributed by atoms with van der Waals surface area (Å²) in [7, 11) is 3.31. The summed E-state index contributed by atoms with van der Waals surface area (Å²) in [4.78, 5) is 0. The first kappa shape index (κ1) is 18.4. The van der Waals surface area contributed by atoms with E-state index in [0.717, 1.165) is 29.4 Å². The Morgan fingerprint density at radius 2 is 2.05 bits per heavy atom. The van der Waals surface area contributed by atoms with Crippen LogP contribution in [0.25, 0.3) is 0 Å². The number of hydrogen-bond acceptors (Lipinski definition) is 5. The Bertz CT molecular complexity index is 418. The molecule has 120 valence electrons. The van der Waals surface area contributed by atoms with E-state index >= 15 is 0 Å². The molecule has 0 bridgehead atoms. The Balaban J connectivity index is 2.74. The minimum Gasteiger partial charge on any atom is -0.493 e. The van der Waals surface area contributed by atoms with E-state index in [9.17, 15) is 0 Å². The lowest BCUT2D eigenvalue weighted by Crippen LogP contribution is -2.19. The van der Waals surface area contributed by atoms with Crippen LogP contribution in [0.5, 0.6) is 11.5 Å². The van der Waals surface area contributed by atoms with Crippen LogP contribution in [0.15, 0.2) is 12.1 Å². The van der Waals surface area contributed by atoms with Gasteiger partial charge >= 0.3 is 0 Å². The molecule has 0 saturated carbocycles. The van der Waals surface area contributed by atoms with Gasteiger partial charge in [0.1, 0.15) is 0 Å². The second kappa shape index (κ2) is 11.0. The molecule has 0 radical (unpaired) electrons. The molecule has 0 aliphatic heterocycles. The summed E-state index contributed by atoms with van der Waals surface area (Å²) in [6, 6.07) is 3.69. The minimum absolute atomic E-state index is 0.644. The van der Waals surface area contributed by atoms with Crippen molar-refractivity contribution in [3.05, 3.63) is 22.7 Å². The fraction of sp³-hybridized carbons (Fsp3) is 0.600. The smallest absolute Gasteiger partial charge is 0.165 e. The molecule has 0 aliphatic carbocycles. The minimum atomic E-state index is 0.644. The fourth-order valence-electron chi connectivity index (χ4n) is 1.81. The molecule has 4 nitrogen and oxygen atoms in total. The summed E-state index contributed by atoms with van der Waals surface area (Å²) in [5.41, 5.74) is 0.997. The largest absolute Gasteiger partial charge is 0.493 e. The summed E-state index contributed by atoms with van der Waals surface area (Å²) < 4.78 is 16.3.